The first-order chi connectivity index (χ1) is 17.4. The predicted octanol–water partition coefficient (Wildman–Crippen LogP) is 6.30. The van der Waals surface area contributed by atoms with Crippen LogP contribution in [0.3, 0.4) is 0 Å². The average molecular weight is 494 g/mol. The van der Waals surface area contributed by atoms with Crippen LogP contribution >= 0.6 is 0 Å². The van der Waals surface area contributed by atoms with E-state index < -0.39 is 11.6 Å². The molecule has 0 unspecified atom stereocenters. The molecule has 1 saturated heterocycles. The molecule has 0 bridgehead atoms. The van der Waals surface area contributed by atoms with E-state index in [1.54, 1.807) is 13.1 Å². The molecule has 0 amide bonds. The van der Waals surface area contributed by atoms with Gasteiger partial charge >= 0.3 is 5.97 Å². The van der Waals surface area contributed by atoms with Crippen LogP contribution in [0.15, 0.2) is 36.5 Å². The van der Waals surface area contributed by atoms with Crippen molar-refractivity contribution in [2.45, 2.75) is 63.0 Å². The molecule has 36 heavy (non-hydrogen) atoms. The Kier molecular flexibility index (Phi) is 5.59. The Labute approximate surface area is 207 Å². The van der Waals surface area contributed by atoms with Crippen molar-refractivity contribution in [3.8, 4) is 5.69 Å². The summed E-state index contributed by atoms with van der Waals surface area (Å²) < 4.78 is 37.2. The van der Waals surface area contributed by atoms with Gasteiger partial charge in [-0.2, -0.15) is 5.10 Å². The van der Waals surface area contributed by atoms with Crippen LogP contribution in [0.5, 0.6) is 0 Å². The molecule has 6 nitrogen and oxygen atoms in total. The number of aryl methyl sites for hydroxylation is 1. The van der Waals surface area contributed by atoms with Crippen molar-refractivity contribution in [3.63, 3.8) is 0 Å². The number of rotatable bonds is 4. The van der Waals surface area contributed by atoms with Gasteiger partial charge in [-0.25, -0.2) is 13.6 Å². The highest BCUT2D eigenvalue weighted by Gasteiger charge is 2.44. The van der Waals surface area contributed by atoms with Gasteiger partial charge in [0, 0.05) is 41.3 Å². The molecule has 3 heterocycles. The molecular formula is C28H29F2N3O3. The summed E-state index contributed by atoms with van der Waals surface area (Å²) in [5, 5.41) is 18.8. The number of aromatic nitrogens is 3. The quantitative estimate of drug-likeness (QED) is 0.350. The lowest BCUT2D eigenvalue weighted by Gasteiger charge is -2.33. The Bertz CT molecular complexity index is 1460. The van der Waals surface area contributed by atoms with Crippen LogP contribution in [-0.4, -0.2) is 44.7 Å². The molecule has 0 radical (unpaired) electrons. The molecule has 8 heteroatoms. The summed E-state index contributed by atoms with van der Waals surface area (Å²) in [6, 6.07) is 9.41. The number of aliphatic carboxylic acids is 1. The van der Waals surface area contributed by atoms with Gasteiger partial charge in [0.1, 0.15) is 5.82 Å². The van der Waals surface area contributed by atoms with Crippen molar-refractivity contribution in [1.29, 1.82) is 0 Å². The Morgan fingerprint density at radius 3 is 2.58 bits per heavy atom. The van der Waals surface area contributed by atoms with E-state index in [2.05, 4.69) is 26.9 Å². The maximum absolute atomic E-state index is 15.0. The van der Waals surface area contributed by atoms with Crippen molar-refractivity contribution in [2.24, 2.45) is 0 Å². The first-order valence-corrected chi connectivity index (χ1v) is 12.6. The molecule has 1 aliphatic carbocycles. The molecule has 0 spiro atoms. The Hall–Kier alpha value is -3.26. The Balaban J connectivity index is 1.61. The summed E-state index contributed by atoms with van der Waals surface area (Å²) in [5.74, 6) is -1.37. The molecule has 0 atom stereocenters. The number of carboxylic acid groups (broad SMARTS) is 1. The number of fused-ring (bicyclic) bond motifs is 2. The van der Waals surface area contributed by atoms with Crippen molar-refractivity contribution in [3.05, 3.63) is 59.2 Å². The Morgan fingerprint density at radius 1 is 1.14 bits per heavy atom. The average Bonchev–Trinajstić information content (AvgIpc) is 3.47. The maximum atomic E-state index is 15.0. The van der Waals surface area contributed by atoms with Crippen LogP contribution < -0.4 is 0 Å². The predicted molar refractivity (Wildman–Crippen MR) is 133 cm³/mol. The summed E-state index contributed by atoms with van der Waals surface area (Å²) >= 11 is 0. The van der Waals surface area contributed by atoms with Gasteiger partial charge in [-0.3, -0.25) is 5.10 Å². The lowest BCUT2D eigenvalue weighted by atomic mass is 9.75. The molecule has 6 rings (SSSR count). The zero-order chi connectivity index (χ0) is 25.0. The third kappa shape index (κ3) is 3.70. The molecule has 1 aliphatic heterocycles. The second-order valence-corrected chi connectivity index (χ2v) is 10.3. The zero-order valence-electron chi connectivity index (χ0n) is 20.2. The van der Waals surface area contributed by atoms with Crippen molar-refractivity contribution in [2.75, 3.05) is 13.2 Å². The molecule has 4 aromatic rings. The number of aromatic amines is 1. The van der Waals surface area contributed by atoms with Gasteiger partial charge in [0.15, 0.2) is 0 Å². The van der Waals surface area contributed by atoms with E-state index in [0.29, 0.717) is 31.6 Å². The van der Waals surface area contributed by atoms with Crippen molar-refractivity contribution in [1.82, 2.24) is 14.8 Å². The minimum Gasteiger partial charge on any atom is -0.479 e. The molecular weight excluding hydrogens is 464 g/mol. The van der Waals surface area contributed by atoms with E-state index in [1.165, 1.54) is 6.07 Å². The molecule has 2 N–H and O–H groups in total. The van der Waals surface area contributed by atoms with Crippen molar-refractivity contribution < 1.29 is 23.4 Å². The number of benzene rings is 2. The van der Waals surface area contributed by atoms with Gasteiger partial charge in [0.25, 0.3) is 0 Å². The highest BCUT2D eigenvalue weighted by molar-refractivity contribution is 5.99. The largest absolute Gasteiger partial charge is 0.479 e. The summed E-state index contributed by atoms with van der Waals surface area (Å²) in [6.07, 6.45) is 4.42. The fourth-order valence-electron chi connectivity index (χ4n) is 6.19. The SMILES string of the molecule is Cc1cc(-n2c(C3CCOCC3)c(C3CCC(F)(C(=O)O)CC3)c3cc4[nH]ncc4cc32)ccc1F. The van der Waals surface area contributed by atoms with Crippen LogP contribution in [0.4, 0.5) is 8.78 Å². The summed E-state index contributed by atoms with van der Waals surface area (Å²) in [7, 11) is 0. The summed E-state index contributed by atoms with van der Waals surface area (Å²) in [6.45, 7) is 3.09. The number of nitrogens with one attached hydrogen (secondary N) is 1. The number of hydrogen-bond donors (Lipinski definition) is 2. The monoisotopic (exact) mass is 493 g/mol. The molecule has 2 fully saturated rings. The second kappa shape index (κ2) is 8.69. The van der Waals surface area contributed by atoms with E-state index in [4.69, 9.17) is 4.74 Å². The van der Waals surface area contributed by atoms with E-state index in [0.717, 1.165) is 51.6 Å². The molecule has 2 aliphatic rings. The number of halogens is 2. The molecule has 2 aromatic heterocycles. The molecule has 188 valence electrons. The number of alkyl halides is 1. The zero-order valence-corrected chi connectivity index (χ0v) is 20.2. The van der Waals surface area contributed by atoms with Crippen molar-refractivity contribution >= 4 is 27.8 Å². The van der Waals surface area contributed by atoms with E-state index in [-0.39, 0.29) is 30.5 Å². The number of hydrogen-bond acceptors (Lipinski definition) is 3. The highest BCUT2D eigenvalue weighted by Crippen LogP contribution is 2.48. The highest BCUT2D eigenvalue weighted by atomic mass is 19.1. The van der Waals surface area contributed by atoms with E-state index in [1.807, 2.05) is 12.1 Å². The van der Waals surface area contributed by atoms with E-state index in [9.17, 15) is 14.3 Å². The number of ether oxygens (including phenoxy) is 1. The van der Waals surface area contributed by atoms with E-state index >= 15 is 4.39 Å². The second-order valence-electron chi connectivity index (χ2n) is 10.3. The molecule has 1 saturated carbocycles. The normalized spacial score (nSPS) is 23.5. The number of H-pyrrole nitrogens is 1. The minimum atomic E-state index is -2.17. The van der Waals surface area contributed by atoms with Gasteiger partial charge in [-0.15, -0.1) is 0 Å². The first kappa shape index (κ1) is 23.2. The van der Waals surface area contributed by atoms with Crippen LogP contribution in [0, 0.1) is 12.7 Å². The molecule has 2 aromatic carbocycles. The number of carbonyl (C=O) groups is 1. The number of nitrogens with zero attached hydrogens (tertiary/aromatic N) is 2. The fraction of sp³-hybridized carbons (Fsp3) is 0.429. The van der Waals surface area contributed by atoms with Gasteiger partial charge in [-0.1, -0.05) is 0 Å². The minimum absolute atomic E-state index is 0.00511. The third-order valence-corrected chi connectivity index (χ3v) is 8.18. The Morgan fingerprint density at radius 2 is 1.89 bits per heavy atom. The third-order valence-electron chi connectivity index (χ3n) is 8.18. The van der Waals surface area contributed by atoms with Crippen LogP contribution in [0.2, 0.25) is 0 Å². The van der Waals surface area contributed by atoms with Crippen LogP contribution in [0.25, 0.3) is 27.5 Å². The lowest BCUT2D eigenvalue weighted by molar-refractivity contribution is -0.153. The van der Waals surface area contributed by atoms with Crippen LogP contribution in [0.1, 0.15) is 67.2 Å². The van der Waals surface area contributed by atoms with Gasteiger partial charge in [-0.05, 0) is 92.8 Å². The first-order valence-electron chi connectivity index (χ1n) is 12.6. The topological polar surface area (TPSA) is 80.1 Å². The van der Waals surface area contributed by atoms with Gasteiger partial charge < -0.3 is 14.4 Å². The summed E-state index contributed by atoms with van der Waals surface area (Å²) in [4.78, 5) is 11.6. The van der Waals surface area contributed by atoms with Gasteiger partial charge in [0.2, 0.25) is 5.67 Å². The fourth-order valence-corrected chi connectivity index (χ4v) is 6.19. The van der Waals surface area contributed by atoms with Crippen LogP contribution in [-0.2, 0) is 9.53 Å². The van der Waals surface area contributed by atoms with Gasteiger partial charge in [0.05, 0.1) is 17.2 Å². The maximum Gasteiger partial charge on any atom is 0.341 e. The summed E-state index contributed by atoms with van der Waals surface area (Å²) in [5.41, 5.74) is 3.51. The lowest BCUT2D eigenvalue weighted by Crippen LogP contribution is -2.37. The smallest absolute Gasteiger partial charge is 0.341 e. The number of carboxylic acids is 1. The standard InChI is InChI=1S/C28H29F2N3O3/c1-16-12-20(2-3-22(16)29)33-24-13-19-15-31-32-23(19)14-21(24)25(26(33)18-6-10-36-11-7-18)17-4-8-28(30,9-5-17)27(34)35/h2-3,12-15,17-18H,4-11H2,1H3,(H,31,32)(H,34,35).